The number of nitrogens with zero attached hydrogens (tertiary/aromatic N) is 2. The third-order valence-corrected chi connectivity index (χ3v) is 15.6. The fourth-order valence-corrected chi connectivity index (χ4v) is 10.9. The molecule has 31 nitrogen and oxygen atoms in total. The third-order valence-electron chi connectivity index (χ3n) is 15.6. The van der Waals surface area contributed by atoms with E-state index in [2.05, 4.69) is 67.8 Å². The van der Waals surface area contributed by atoms with E-state index in [0.717, 1.165) is 0 Å². The van der Waals surface area contributed by atoms with Crippen LogP contribution in [0.5, 0.6) is 0 Å². The number of nitrogens with two attached hydrogens (primary N) is 3. The number of carboxylic acids is 1. The largest absolute Gasteiger partial charge is 0.481 e. The van der Waals surface area contributed by atoms with E-state index >= 15 is 0 Å². The van der Waals surface area contributed by atoms with Gasteiger partial charge in [-0.25, -0.2) is 4.98 Å². The lowest BCUT2D eigenvalue weighted by Gasteiger charge is -2.30. The van der Waals surface area contributed by atoms with Gasteiger partial charge in [0.1, 0.15) is 54.4 Å². The number of nitrogens with one attached hydrogen (secondary N) is 12. The minimum atomic E-state index is -1.92. The van der Waals surface area contributed by atoms with Crippen LogP contribution in [0, 0.1) is 0 Å². The highest BCUT2D eigenvalue weighted by Gasteiger charge is 2.40. The number of aliphatic hydroxyl groups is 1. The molecule has 0 saturated carbocycles. The molecule has 0 aliphatic carbocycles. The van der Waals surface area contributed by atoms with Crippen molar-refractivity contribution in [2.75, 3.05) is 39.3 Å². The van der Waals surface area contributed by atoms with Gasteiger partial charge in [-0.05, 0) is 87.7 Å². The van der Waals surface area contributed by atoms with Gasteiger partial charge in [-0.2, -0.15) is 0 Å². The number of ketones is 1. The summed E-state index contributed by atoms with van der Waals surface area (Å²) < 4.78 is 0. The van der Waals surface area contributed by atoms with Crippen LogP contribution in [0.25, 0.3) is 21.8 Å². The molecule has 20 N–H and O–H groups in total. The lowest BCUT2D eigenvalue weighted by atomic mass is 10.0. The van der Waals surface area contributed by atoms with Crippen molar-refractivity contribution >= 4 is 92.6 Å². The van der Waals surface area contributed by atoms with Crippen LogP contribution < -0.4 is 65.1 Å². The maximum atomic E-state index is 14.7. The van der Waals surface area contributed by atoms with Gasteiger partial charge in [0.2, 0.25) is 59.1 Å². The zero-order valence-electron chi connectivity index (χ0n) is 49.5. The van der Waals surface area contributed by atoms with Gasteiger partial charge in [0.25, 0.3) is 0 Å². The van der Waals surface area contributed by atoms with Gasteiger partial charge in [0.15, 0.2) is 5.78 Å². The Labute approximate surface area is 516 Å². The van der Waals surface area contributed by atoms with E-state index in [9.17, 15) is 67.7 Å². The Morgan fingerprint density at radius 2 is 1.13 bits per heavy atom. The minimum Gasteiger partial charge on any atom is -0.481 e. The molecule has 9 atom stereocenters. The van der Waals surface area contributed by atoms with E-state index in [1.807, 2.05) is 0 Å². The van der Waals surface area contributed by atoms with Crippen molar-refractivity contribution in [1.29, 1.82) is 0 Å². The molecule has 3 aromatic heterocycles. The minimum absolute atomic E-state index is 0.0532. The van der Waals surface area contributed by atoms with Gasteiger partial charge in [-0.1, -0.05) is 36.4 Å². The van der Waals surface area contributed by atoms with Gasteiger partial charge >= 0.3 is 5.97 Å². The molecule has 90 heavy (non-hydrogen) atoms. The second-order valence-corrected chi connectivity index (χ2v) is 22.2. The van der Waals surface area contributed by atoms with Gasteiger partial charge < -0.3 is 89.8 Å². The Morgan fingerprint density at radius 3 is 1.67 bits per heavy atom. The van der Waals surface area contributed by atoms with Crippen molar-refractivity contribution in [3.8, 4) is 0 Å². The Morgan fingerprint density at radius 1 is 0.622 bits per heavy atom. The molecule has 7 rings (SSSR count). The van der Waals surface area contributed by atoms with Crippen molar-refractivity contribution in [2.45, 2.75) is 138 Å². The van der Waals surface area contributed by atoms with E-state index in [0.29, 0.717) is 64.3 Å². The topological polar surface area (TPSA) is 495 Å². The highest BCUT2D eigenvalue weighted by molar-refractivity contribution is 6.08. The number of carbonyl (C=O) groups is 12. The lowest BCUT2D eigenvalue weighted by Crippen LogP contribution is -2.61. The normalized spacial score (nSPS) is 17.0. The number of imidazole rings is 1. The summed E-state index contributed by atoms with van der Waals surface area (Å²) in [7, 11) is 0. The van der Waals surface area contributed by atoms with Gasteiger partial charge in [0, 0.05) is 84.9 Å². The van der Waals surface area contributed by atoms with Crippen LogP contribution in [-0.4, -0.2) is 200 Å². The first-order chi connectivity index (χ1) is 43.3. The van der Waals surface area contributed by atoms with Gasteiger partial charge in [-0.3, -0.25) is 62.9 Å². The number of unbranched alkanes of at least 4 members (excludes halogenated alkanes) is 2. The summed E-state index contributed by atoms with van der Waals surface area (Å²) >= 11 is 0. The average Bonchev–Trinajstić information content (AvgIpc) is 2.44. The molecule has 0 bridgehead atoms. The fourth-order valence-electron chi connectivity index (χ4n) is 10.9. The molecule has 2 fully saturated rings. The van der Waals surface area contributed by atoms with Crippen LogP contribution in [-0.2, 0) is 76.8 Å². The number of amides is 10. The number of likely N-dealkylation sites (tertiary alicyclic amines) is 1. The maximum absolute atomic E-state index is 14.7. The summed E-state index contributed by atoms with van der Waals surface area (Å²) in [6.07, 6.45) is 6.34. The molecular formula is C59H79N17O14. The van der Waals surface area contributed by atoms with Gasteiger partial charge in [0.05, 0.1) is 25.9 Å². The van der Waals surface area contributed by atoms with E-state index in [1.54, 1.807) is 60.9 Å². The zero-order chi connectivity index (χ0) is 64.9. The highest BCUT2D eigenvalue weighted by Crippen LogP contribution is 2.23. The number of hydrogen-bond acceptors (Lipinski definition) is 17. The van der Waals surface area contributed by atoms with Crippen LogP contribution in [0.1, 0.15) is 81.0 Å². The van der Waals surface area contributed by atoms with Crippen molar-refractivity contribution in [3.05, 3.63) is 90.3 Å². The monoisotopic (exact) mass is 1250 g/mol. The number of benzene rings is 2. The number of rotatable bonds is 35. The predicted octanol–water partition coefficient (Wildman–Crippen LogP) is -3.96. The molecule has 5 aromatic rings. The molecule has 2 aliphatic rings. The van der Waals surface area contributed by atoms with E-state index < -0.39 is 139 Å². The average molecular weight is 1250 g/mol. The van der Waals surface area contributed by atoms with Gasteiger partial charge in [-0.15, -0.1) is 0 Å². The van der Waals surface area contributed by atoms with Crippen LogP contribution in [0.15, 0.2) is 73.4 Å². The second kappa shape index (κ2) is 33.1. The first-order valence-corrected chi connectivity index (χ1v) is 29.8. The van der Waals surface area contributed by atoms with Crippen LogP contribution in [0.4, 0.5) is 0 Å². The molecule has 2 aromatic carbocycles. The predicted molar refractivity (Wildman–Crippen MR) is 323 cm³/mol. The summed E-state index contributed by atoms with van der Waals surface area (Å²) in [5.74, 6) is -10.9. The first-order valence-electron chi connectivity index (χ1n) is 29.8. The summed E-state index contributed by atoms with van der Waals surface area (Å²) in [4.78, 5) is 179. The summed E-state index contributed by atoms with van der Waals surface area (Å²) in [5, 5.41) is 45.4. The number of primary amides is 1. The lowest BCUT2D eigenvalue weighted by molar-refractivity contribution is -0.143. The number of aliphatic hydroxyl groups excluding tert-OH is 1. The SMILES string of the molecule is NCCCC[C@H](NC(=O)[C@H](CO)NC(=O)[C@H](Cc1c[nH]c2ccccc12)NC(=O)[C@H](Cc1cnc[nH]1)NC(=O)[C@@H]1NCCC1=O)C(=O)N[C@@H](CC(=O)O)C(=O)N[C@@H](Cc1c[nH]c2ccccc12)C(=O)N[C@@H](CCCCN)C(=O)N1CCC[C@@H]1C(=O)NCC(N)=O. The fraction of sp³-hybridized carbons (Fsp3) is 0.475. The number of carbonyl (C=O) groups excluding carboxylic acids is 11. The molecule has 2 aliphatic heterocycles. The Kier molecular flexibility index (Phi) is 25.0. The number of aromatic amines is 3. The van der Waals surface area contributed by atoms with Crippen LogP contribution in [0.3, 0.4) is 0 Å². The maximum Gasteiger partial charge on any atom is 0.305 e. The number of hydrogen-bond donors (Lipinski definition) is 17. The smallest absolute Gasteiger partial charge is 0.305 e. The van der Waals surface area contributed by atoms with Crippen LogP contribution in [0.2, 0.25) is 0 Å². The quantitative estimate of drug-likeness (QED) is 0.0136. The number of Topliss-reactive ketones (excluding diaryl/α,β-unsaturated/α-hetero) is 1. The first kappa shape index (κ1) is 67.9. The summed E-state index contributed by atoms with van der Waals surface area (Å²) in [6, 6.07) is 0.921. The molecule has 5 heterocycles. The summed E-state index contributed by atoms with van der Waals surface area (Å²) in [5.41, 5.74) is 19.7. The number of fused-ring (bicyclic) bond motifs is 2. The van der Waals surface area contributed by atoms with E-state index in [4.69, 9.17) is 17.2 Å². The molecular weight excluding hydrogens is 1170 g/mol. The number of H-pyrrole nitrogens is 3. The van der Waals surface area contributed by atoms with Crippen molar-refractivity contribution in [1.82, 2.24) is 72.7 Å². The van der Waals surface area contributed by atoms with E-state index in [1.165, 1.54) is 17.4 Å². The number of aromatic nitrogens is 4. The Bertz CT molecular complexity index is 3370. The Balaban J connectivity index is 1.10. The number of aliphatic carboxylic acids is 1. The van der Waals surface area contributed by atoms with Crippen molar-refractivity contribution in [3.63, 3.8) is 0 Å². The molecule has 10 amide bonds. The molecule has 0 unspecified atom stereocenters. The third kappa shape index (κ3) is 18.7. The second-order valence-electron chi connectivity index (χ2n) is 22.2. The standard InChI is InChI=1S/C59H79N17O14/c60-18-7-5-14-39(69-56(87)45(30-77)75-53(84)42(23-33-27-66-38-13-4-2-11-36(33)38)71-54(85)43(24-34-28-63-31-68-34)74-58(89)50-47(78)17-20-64-50)51(82)73-44(25-49(80)81)55(86)72-41(22-32-26-65-37-12-3-1-10-35(32)37)52(83)70-40(15-6-8-19-61)59(90)76-21-9-16-46(76)57(88)67-29-48(62)79/h1-4,10-13,26-28,31,39-46,50,64-66,77H,5-9,14-25,29-30,60-61H2,(H2,62,79)(H,63,68)(H,67,88)(H,69,87)(H,70,83)(H,71,85)(H,72,86)(H,73,82)(H,74,89)(H,75,84)(H,80,81)/t39-,40-,41-,42-,43-,44-,45-,46+,50+/m0/s1. The van der Waals surface area contributed by atoms with Crippen molar-refractivity contribution < 1.29 is 67.7 Å². The zero-order valence-corrected chi connectivity index (χ0v) is 49.5. The number of carboxylic acid groups (broad SMARTS) is 1. The highest BCUT2D eigenvalue weighted by atomic mass is 16.4. The Hall–Kier alpha value is -9.59. The molecule has 0 radical (unpaired) electrons. The van der Waals surface area contributed by atoms with Crippen molar-refractivity contribution in [2.24, 2.45) is 17.2 Å². The van der Waals surface area contributed by atoms with Crippen LogP contribution >= 0.6 is 0 Å². The summed E-state index contributed by atoms with van der Waals surface area (Å²) in [6.45, 7) is -0.736. The molecule has 484 valence electrons. The molecule has 2 saturated heterocycles. The molecule has 0 spiro atoms. The molecule has 31 heteroatoms. The van der Waals surface area contributed by atoms with E-state index in [-0.39, 0.29) is 83.3 Å². The number of para-hydroxylation sites is 2.